The van der Waals surface area contributed by atoms with Gasteiger partial charge in [0.05, 0.1) is 0 Å². The van der Waals surface area contributed by atoms with Gasteiger partial charge in [0.2, 0.25) is 0 Å². The zero-order chi connectivity index (χ0) is 10.1. The maximum absolute atomic E-state index is 3.66. The number of hydrogen-bond donors (Lipinski definition) is 0. The summed E-state index contributed by atoms with van der Waals surface area (Å²) in [7, 11) is 0. The first-order valence-electron chi connectivity index (χ1n) is 4.91. The standard InChI is InChI=1S/C9H11.C5H5.Fe/c1-2-3-6-9-7-4-5-8-9;1-2-4-5-3-1;/h2,4-5,7-8H,1,3,6H2;1-5H;/q2*-1;. The summed E-state index contributed by atoms with van der Waals surface area (Å²) >= 11 is 0. The molecule has 0 bridgehead atoms. The van der Waals surface area contributed by atoms with E-state index in [1.807, 2.05) is 36.4 Å². The van der Waals surface area contributed by atoms with Crippen molar-refractivity contribution in [1.29, 1.82) is 0 Å². The first-order chi connectivity index (χ1) is 6.93. The van der Waals surface area contributed by atoms with Gasteiger partial charge in [-0.05, 0) is 6.42 Å². The molecule has 0 radical (unpaired) electrons. The molecule has 2 rings (SSSR count). The molecule has 0 nitrogen and oxygen atoms in total. The van der Waals surface area contributed by atoms with Crippen LogP contribution in [-0.4, -0.2) is 0 Å². The van der Waals surface area contributed by atoms with Crippen LogP contribution in [0.2, 0.25) is 0 Å². The molecule has 0 fully saturated rings. The summed E-state index contributed by atoms with van der Waals surface area (Å²) in [6, 6.07) is 18.4. The SMILES string of the molecule is C=CCC[c-]1cccc1.[Fe].c1cc[cH-]c1. The van der Waals surface area contributed by atoms with Crippen molar-refractivity contribution >= 4 is 0 Å². The first kappa shape index (κ1) is 14.0. The molecule has 0 aromatic heterocycles. The Bertz CT molecular complexity index is 286. The number of hydrogen-bond acceptors (Lipinski definition) is 0. The van der Waals surface area contributed by atoms with E-state index in [1.54, 1.807) is 0 Å². The Morgan fingerprint density at radius 3 is 2.07 bits per heavy atom. The monoisotopic (exact) mass is 240 g/mol. The van der Waals surface area contributed by atoms with Crippen LogP contribution in [0.15, 0.2) is 67.3 Å². The number of aryl methyl sites for hydroxylation is 1. The molecule has 0 aliphatic carbocycles. The Kier molecular flexibility index (Phi) is 8.85. The predicted octanol–water partition coefficient (Wildman–Crippen LogP) is 3.93. The molecule has 0 amide bonds. The number of allylic oxidation sites excluding steroid dienone is 1. The molecule has 0 N–H and O–H groups in total. The van der Waals surface area contributed by atoms with Gasteiger partial charge in [-0.25, -0.2) is 24.3 Å². The summed E-state index contributed by atoms with van der Waals surface area (Å²) in [5, 5.41) is 0. The maximum Gasteiger partial charge on any atom is 0 e. The molecule has 0 spiro atoms. The van der Waals surface area contributed by atoms with Crippen molar-refractivity contribution in [3.8, 4) is 0 Å². The van der Waals surface area contributed by atoms with Crippen molar-refractivity contribution in [3.63, 3.8) is 0 Å². The van der Waals surface area contributed by atoms with Crippen LogP contribution in [0.3, 0.4) is 0 Å². The molecular formula is C14H16Fe-2. The fraction of sp³-hybridized carbons (Fsp3) is 0.143. The Morgan fingerprint density at radius 1 is 1.07 bits per heavy atom. The summed E-state index contributed by atoms with van der Waals surface area (Å²) < 4.78 is 0. The minimum absolute atomic E-state index is 0. The van der Waals surface area contributed by atoms with E-state index in [1.165, 1.54) is 5.56 Å². The minimum atomic E-state index is 0. The van der Waals surface area contributed by atoms with Crippen molar-refractivity contribution in [3.05, 3.63) is 72.8 Å². The Labute approximate surface area is 103 Å². The van der Waals surface area contributed by atoms with Gasteiger partial charge in [0.1, 0.15) is 0 Å². The molecule has 0 heterocycles. The van der Waals surface area contributed by atoms with Gasteiger partial charge in [0.25, 0.3) is 0 Å². The Hall–Kier alpha value is -1.04. The molecule has 1 heteroatoms. The van der Waals surface area contributed by atoms with Crippen molar-refractivity contribution in [1.82, 2.24) is 0 Å². The molecule has 2 aromatic rings. The minimum Gasteiger partial charge on any atom is -0.214 e. The van der Waals surface area contributed by atoms with Gasteiger partial charge < -0.3 is 0 Å². The van der Waals surface area contributed by atoms with Gasteiger partial charge in [-0.3, -0.25) is 0 Å². The van der Waals surface area contributed by atoms with E-state index in [0.29, 0.717) is 0 Å². The molecule has 2 aromatic carbocycles. The third-order valence-corrected chi connectivity index (χ3v) is 1.92. The van der Waals surface area contributed by atoms with E-state index in [9.17, 15) is 0 Å². The Balaban J connectivity index is 0.000000280. The summed E-state index contributed by atoms with van der Waals surface area (Å²) in [6.45, 7) is 3.66. The molecule has 0 atom stereocenters. The second kappa shape index (κ2) is 9.51. The third-order valence-electron chi connectivity index (χ3n) is 1.92. The van der Waals surface area contributed by atoms with Crippen molar-refractivity contribution < 1.29 is 17.1 Å². The molecule has 0 saturated heterocycles. The van der Waals surface area contributed by atoms with Crippen LogP contribution in [0.1, 0.15) is 12.0 Å². The van der Waals surface area contributed by atoms with E-state index in [4.69, 9.17) is 0 Å². The van der Waals surface area contributed by atoms with Crippen LogP contribution in [0.5, 0.6) is 0 Å². The zero-order valence-electron chi connectivity index (χ0n) is 8.75. The molecule has 0 unspecified atom stereocenters. The average molecular weight is 240 g/mol. The van der Waals surface area contributed by atoms with Gasteiger partial charge in [0.15, 0.2) is 0 Å². The fourth-order valence-corrected chi connectivity index (χ4v) is 1.17. The molecule has 82 valence electrons. The third kappa shape index (κ3) is 6.96. The summed E-state index contributed by atoms with van der Waals surface area (Å²) in [4.78, 5) is 0. The topological polar surface area (TPSA) is 0 Å². The van der Waals surface area contributed by atoms with E-state index in [2.05, 4.69) is 30.8 Å². The quantitative estimate of drug-likeness (QED) is 0.433. The average Bonchev–Trinajstić information content (AvgIpc) is 2.90. The van der Waals surface area contributed by atoms with Gasteiger partial charge in [-0.1, -0.05) is 12.5 Å². The summed E-state index contributed by atoms with van der Waals surface area (Å²) in [5.74, 6) is 0. The van der Waals surface area contributed by atoms with E-state index < -0.39 is 0 Å². The zero-order valence-corrected chi connectivity index (χ0v) is 9.85. The normalized spacial score (nSPS) is 8.27. The van der Waals surface area contributed by atoms with E-state index >= 15 is 0 Å². The first-order valence-corrected chi connectivity index (χ1v) is 4.91. The molecule has 0 saturated carbocycles. The second-order valence-electron chi connectivity index (χ2n) is 3.08. The Morgan fingerprint density at radius 2 is 1.67 bits per heavy atom. The van der Waals surface area contributed by atoms with Crippen LogP contribution >= 0.6 is 0 Å². The molecule has 0 aliphatic rings. The van der Waals surface area contributed by atoms with E-state index in [0.717, 1.165) is 12.8 Å². The predicted molar refractivity (Wildman–Crippen MR) is 62.6 cm³/mol. The maximum atomic E-state index is 3.66. The van der Waals surface area contributed by atoms with Gasteiger partial charge >= 0.3 is 0 Å². The second-order valence-corrected chi connectivity index (χ2v) is 3.08. The van der Waals surface area contributed by atoms with Crippen LogP contribution in [0.25, 0.3) is 0 Å². The molecular weight excluding hydrogens is 224 g/mol. The van der Waals surface area contributed by atoms with Crippen LogP contribution in [0, 0.1) is 0 Å². The molecule has 0 aliphatic heterocycles. The molecule has 15 heavy (non-hydrogen) atoms. The summed E-state index contributed by atoms with van der Waals surface area (Å²) in [6.07, 6.45) is 4.17. The van der Waals surface area contributed by atoms with Crippen molar-refractivity contribution in [2.24, 2.45) is 0 Å². The van der Waals surface area contributed by atoms with Crippen LogP contribution in [0.4, 0.5) is 0 Å². The fourth-order valence-electron chi connectivity index (χ4n) is 1.17. The van der Waals surface area contributed by atoms with Crippen molar-refractivity contribution in [2.45, 2.75) is 12.8 Å². The smallest absolute Gasteiger partial charge is 0 e. The summed E-state index contributed by atoms with van der Waals surface area (Å²) in [5.41, 5.74) is 1.41. The number of rotatable bonds is 3. The van der Waals surface area contributed by atoms with Crippen LogP contribution in [-0.2, 0) is 23.5 Å². The van der Waals surface area contributed by atoms with Gasteiger partial charge in [0, 0.05) is 17.1 Å². The largest absolute Gasteiger partial charge is 0.214 e. The van der Waals surface area contributed by atoms with Crippen LogP contribution < -0.4 is 0 Å². The van der Waals surface area contributed by atoms with Gasteiger partial charge in [-0.2, -0.15) is 35.9 Å². The van der Waals surface area contributed by atoms with E-state index in [-0.39, 0.29) is 17.1 Å². The van der Waals surface area contributed by atoms with Crippen molar-refractivity contribution in [2.75, 3.05) is 0 Å². The van der Waals surface area contributed by atoms with Gasteiger partial charge in [-0.15, -0.1) is 6.58 Å².